The number of primary amides is 1. The molecule has 2 fully saturated rings. The maximum atomic E-state index is 11.1. The molecule has 0 saturated carbocycles. The van der Waals surface area contributed by atoms with E-state index in [-0.39, 0.29) is 5.57 Å². The molecule has 0 aromatic rings. The fourth-order valence-electron chi connectivity index (χ4n) is 2.75. The van der Waals surface area contributed by atoms with Gasteiger partial charge in [0, 0.05) is 12.1 Å². The van der Waals surface area contributed by atoms with Crippen molar-refractivity contribution >= 4 is 5.91 Å². The number of fused-ring (bicyclic) bond motifs is 2. The van der Waals surface area contributed by atoms with Crippen molar-refractivity contribution in [2.75, 3.05) is 7.05 Å². The molecule has 4 heteroatoms. The second kappa shape index (κ2) is 3.67. The zero-order chi connectivity index (χ0) is 11.0. The summed E-state index contributed by atoms with van der Waals surface area (Å²) in [4.78, 5) is 13.4. The minimum absolute atomic E-state index is 0.194. The van der Waals surface area contributed by atoms with Crippen LogP contribution in [0.2, 0.25) is 0 Å². The molecule has 80 valence electrons. The molecular formula is C11H15N3O. The van der Waals surface area contributed by atoms with Crippen LogP contribution in [-0.4, -0.2) is 29.9 Å². The van der Waals surface area contributed by atoms with Crippen molar-refractivity contribution in [3.05, 3.63) is 11.1 Å². The largest absolute Gasteiger partial charge is 0.365 e. The van der Waals surface area contributed by atoms with Gasteiger partial charge < -0.3 is 5.73 Å². The molecule has 15 heavy (non-hydrogen) atoms. The number of piperidine rings is 1. The number of hydrogen-bond acceptors (Lipinski definition) is 3. The van der Waals surface area contributed by atoms with Crippen LogP contribution in [0.1, 0.15) is 25.7 Å². The molecule has 2 aliphatic heterocycles. The number of hydrogen-bond donors (Lipinski definition) is 1. The molecule has 2 saturated heterocycles. The van der Waals surface area contributed by atoms with Crippen LogP contribution in [-0.2, 0) is 4.79 Å². The maximum Gasteiger partial charge on any atom is 0.259 e. The van der Waals surface area contributed by atoms with Gasteiger partial charge in [0.2, 0.25) is 0 Å². The van der Waals surface area contributed by atoms with E-state index in [0.29, 0.717) is 12.1 Å². The Morgan fingerprint density at radius 1 is 1.47 bits per heavy atom. The van der Waals surface area contributed by atoms with Crippen molar-refractivity contribution in [1.29, 1.82) is 5.26 Å². The highest BCUT2D eigenvalue weighted by atomic mass is 16.1. The van der Waals surface area contributed by atoms with Gasteiger partial charge in [-0.3, -0.25) is 9.69 Å². The van der Waals surface area contributed by atoms with E-state index in [1.165, 1.54) is 12.8 Å². The molecule has 0 unspecified atom stereocenters. The summed E-state index contributed by atoms with van der Waals surface area (Å²) in [6.45, 7) is 0. The highest BCUT2D eigenvalue weighted by Crippen LogP contribution is 2.38. The van der Waals surface area contributed by atoms with Crippen LogP contribution < -0.4 is 5.73 Å². The first kappa shape index (κ1) is 10.2. The fourth-order valence-corrected chi connectivity index (χ4v) is 2.75. The lowest BCUT2D eigenvalue weighted by molar-refractivity contribution is -0.114. The van der Waals surface area contributed by atoms with Crippen molar-refractivity contribution in [1.82, 2.24) is 4.90 Å². The van der Waals surface area contributed by atoms with Gasteiger partial charge in [0.25, 0.3) is 5.91 Å². The third-order valence-electron chi connectivity index (χ3n) is 3.66. The van der Waals surface area contributed by atoms with E-state index in [1.807, 2.05) is 6.07 Å². The summed E-state index contributed by atoms with van der Waals surface area (Å²) in [6.07, 6.45) is 4.00. The highest BCUT2D eigenvalue weighted by molar-refractivity contribution is 5.96. The average Bonchev–Trinajstić information content (AvgIpc) is 2.43. The zero-order valence-corrected chi connectivity index (χ0v) is 8.86. The van der Waals surface area contributed by atoms with Gasteiger partial charge in [-0.15, -0.1) is 0 Å². The van der Waals surface area contributed by atoms with Gasteiger partial charge in [-0.1, -0.05) is 0 Å². The summed E-state index contributed by atoms with van der Waals surface area (Å²) in [5, 5.41) is 8.89. The topological polar surface area (TPSA) is 70.1 Å². The van der Waals surface area contributed by atoms with Crippen molar-refractivity contribution in [3.63, 3.8) is 0 Å². The monoisotopic (exact) mass is 205 g/mol. The van der Waals surface area contributed by atoms with E-state index in [9.17, 15) is 4.79 Å². The minimum atomic E-state index is -0.573. The second-order valence-electron chi connectivity index (χ2n) is 4.41. The molecule has 2 aliphatic rings. The molecule has 0 aliphatic carbocycles. The quantitative estimate of drug-likeness (QED) is 0.502. The molecule has 2 atom stereocenters. The molecule has 0 radical (unpaired) electrons. The highest BCUT2D eigenvalue weighted by Gasteiger charge is 2.37. The number of nitrogens with two attached hydrogens (primary N) is 1. The smallest absolute Gasteiger partial charge is 0.259 e. The van der Waals surface area contributed by atoms with Crippen LogP contribution in [0, 0.1) is 11.3 Å². The number of carbonyl (C=O) groups is 1. The standard InChI is InChI=1S/C11H15N3O/c1-14-8-2-3-9(14)5-7(4-8)10(6-12)11(13)15/h8-9H,2-5H2,1H3,(H2,13,15)/t8-,9+. The van der Waals surface area contributed by atoms with E-state index in [0.717, 1.165) is 18.4 Å². The van der Waals surface area contributed by atoms with Gasteiger partial charge >= 0.3 is 0 Å². The Bertz CT molecular complexity index is 351. The van der Waals surface area contributed by atoms with Crippen LogP contribution in [0.15, 0.2) is 11.1 Å². The molecule has 4 nitrogen and oxygen atoms in total. The van der Waals surface area contributed by atoms with Gasteiger partial charge in [0.1, 0.15) is 11.6 Å². The number of nitrogens with zero attached hydrogens (tertiary/aromatic N) is 2. The summed E-state index contributed by atoms with van der Waals surface area (Å²) in [6, 6.07) is 2.94. The van der Waals surface area contributed by atoms with Crippen LogP contribution in [0.25, 0.3) is 0 Å². The molecule has 2 bridgehead atoms. The average molecular weight is 205 g/mol. The molecule has 2 heterocycles. The Morgan fingerprint density at radius 2 is 2.00 bits per heavy atom. The lowest BCUT2D eigenvalue weighted by Gasteiger charge is -2.32. The van der Waals surface area contributed by atoms with E-state index in [4.69, 9.17) is 11.0 Å². The molecule has 2 rings (SSSR count). The number of nitriles is 1. The normalized spacial score (nSPS) is 33.6. The Balaban J connectivity index is 2.28. The zero-order valence-electron chi connectivity index (χ0n) is 8.86. The molecule has 1 amide bonds. The van der Waals surface area contributed by atoms with Gasteiger partial charge in [-0.2, -0.15) is 5.26 Å². The predicted octanol–water partition coefficient (Wildman–Crippen LogP) is 0.548. The molecule has 0 aromatic heterocycles. The molecule has 2 N–H and O–H groups in total. The van der Waals surface area contributed by atoms with Gasteiger partial charge in [-0.25, -0.2) is 0 Å². The fraction of sp³-hybridized carbons (Fsp3) is 0.636. The summed E-state index contributed by atoms with van der Waals surface area (Å²) >= 11 is 0. The number of carbonyl (C=O) groups excluding carboxylic acids is 1. The summed E-state index contributed by atoms with van der Waals surface area (Å²) < 4.78 is 0. The lowest BCUT2D eigenvalue weighted by atomic mass is 9.93. The van der Waals surface area contributed by atoms with Crippen molar-refractivity contribution in [2.45, 2.75) is 37.8 Å². The van der Waals surface area contributed by atoms with Gasteiger partial charge in [-0.05, 0) is 38.3 Å². The Kier molecular flexibility index (Phi) is 2.49. The van der Waals surface area contributed by atoms with Gasteiger partial charge in [0.15, 0.2) is 0 Å². The van der Waals surface area contributed by atoms with E-state index >= 15 is 0 Å². The summed E-state index contributed by atoms with van der Waals surface area (Å²) in [5.41, 5.74) is 6.35. The first-order chi connectivity index (χ1) is 7.13. The summed E-state index contributed by atoms with van der Waals surface area (Å²) in [5.74, 6) is -0.573. The van der Waals surface area contributed by atoms with Crippen LogP contribution in [0.5, 0.6) is 0 Å². The first-order valence-electron chi connectivity index (χ1n) is 5.27. The molecule has 0 spiro atoms. The van der Waals surface area contributed by atoms with Gasteiger partial charge in [0.05, 0.1) is 0 Å². The van der Waals surface area contributed by atoms with Crippen molar-refractivity contribution in [3.8, 4) is 6.07 Å². The minimum Gasteiger partial charge on any atom is -0.365 e. The third-order valence-corrected chi connectivity index (χ3v) is 3.66. The summed E-state index contributed by atoms with van der Waals surface area (Å²) in [7, 11) is 2.12. The van der Waals surface area contributed by atoms with Crippen molar-refractivity contribution in [2.24, 2.45) is 5.73 Å². The maximum absolute atomic E-state index is 11.1. The first-order valence-corrected chi connectivity index (χ1v) is 5.27. The molecular weight excluding hydrogens is 190 g/mol. The second-order valence-corrected chi connectivity index (χ2v) is 4.41. The Labute approximate surface area is 89.3 Å². The van der Waals surface area contributed by atoms with E-state index in [2.05, 4.69) is 11.9 Å². The predicted molar refractivity (Wildman–Crippen MR) is 55.6 cm³/mol. The Morgan fingerprint density at radius 3 is 2.40 bits per heavy atom. The van der Waals surface area contributed by atoms with Crippen LogP contribution in [0.3, 0.4) is 0 Å². The Hall–Kier alpha value is -1.34. The third kappa shape index (κ3) is 1.64. The number of rotatable bonds is 1. The number of amides is 1. The van der Waals surface area contributed by atoms with Crippen LogP contribution in [0.4, 0.5) is 0 Å². The van der Waals surface area contributed by atoms with E-state index in [1.54, 1.807) is 0 Å². The molecule has 0 aromatic carbocycles. The van der Waals surface area contributed by atoms with E-state index < -0.39 is 5.91 Å². The SMILES string of the molecule is CN1[C@@H]2CC[C@H]1CC(=C(C#N)C(N)=O)C2. The van der Waals surface area contributed by atoms with Crippen molar-refractivity contribution < 1.29 is 4.79 Å². The lowest BCUT2D eigenvalue weighted by Crippen LogP contribution is -2.37. The van der Waals surface area contributed by atoms with Crippen LogP contribution >= 0.6 is 0 Å².